The molecule has 8 nitrogen and oxygen atoms in total. The van der Waals surface area contributed by atoms with Crippen molar-refractivity contribution < 1.29 is 22.7 Å². The number of carbonyl (C=O) groups is 1. The Kier molecular flexibility index (Phi) is 7.08. The first-order chi connectivity index (χ1) is 20.0. The number of hydrogen-bond acceptors (Lipinski definition) is 6. The zero-order chi connectivity index (χ0) is 29.9. The summed E-state index contributed by atoms with van der Waals surface area (Å²) < 4.78 is 50.6. The van der Waals surface area contributed by atoms with Gasteiger partial charge in [-0.25, -0.2) is 0 Å². The molecule has 224 valence electrons. The fourth-order valence-corrected chi connectivity index (χ4v) is 6.73. The highest BCUT2D eigenvalue weighted by Crippen LogP contribution is 2.51. The van der Waals surface area contributed by atoms with Crippen molar-refractivity contribution >= 4 is 17.3 Å². The minimum atomic E-state index is -4.58. The third-order valence-corrected chi connectivity index (χ3v) is 9.37. The largest absolute Gasteiger partial charge is 0.416 e. The summed E-state index contributed by atoms with van der Waals surface area (Å²) in [6.45, 7) is 4.83. The average molecular weight is 583 g/mol. The van der Waals surface area contributed by atoms with E-state index in [1.165, 1.54) is 11.0 Å². The van der Waals surface area contributed by atoms with Gasteiger partial charge in [-0.2, -0.15) is 13.2 Å². The van der Waals surface area contributed by atoms with Crippen LogP contribution in [0.25, 0.3) is 0 Å². The molecule has 0 unspecified atom stereocenters. The number of rotatable bonds is 9. The summed E-state index contributed by atoms with van der Waals surface area (Å²) in [5.41, 5.74) is 1.52. The predicted octanol–water partition coefficient (Wildman–Crippen LogP) is 5.55. The first kappa shape index (κ1) is 28.7. The van der Waals surface area contributed by atoms with Gasteiger partial charge in [0.05, 0.1) is 23.6 Å². The lowest BCUT2D eigenvalue weighted by Gasteiger charge is -2.46. The number of anilines is 2. The number of alkyl halides is 3. The lowest BCUT2D eigenvalue weighted by atomic mass is 9.61. The van der Waals surface area contributed by atoms with Crippen molar-refractivity contribution in [2.24, 2.45) is 7.05 Å². The molecule has 0 spiro atoms. The maximum Gasteiger partial charge on any atom is 0.416 e. The third kappa shape index (κ3) is 4.86. The van der Waals surface area contributed by atoms with Gasteiger partial charge in [0, 0.05) is 49.7 Å². The number of nitrogens with one attached hydrogen (secondary N) is 2. The van der Waals surface area contributed by atoms with Crippen LogP contribution in [0.3, 0.4) is 0 Å². The van der Waals surface area contributed by atoms with Gasteiger partial charge >= 0.3 is 6.18 Å². The minimum Gasteiger partial charge on any atom is -0.385 e. The van der Waals surface area contributed by atoms with Gasteiger partial charge in [0.25, 0.3) is 5.91 Å². The fraction of sp³-hybridized carbons (Fsp3) is 0.516. The fourth-order valence-electron chi connectivity index (χ4n) is 6.73. The lowest BCUT2D eigenvalue weighted by molar-refractivity contribution is -0.138. The van der Waals surface area contributed by atoms with Gasteiger partial charge in [-0.05, 0) is 93.0 Å². The van der Waals surface area contributed by atoms with Crippen LogP contribution in [0, 0.1) is 0 Å². The first-order valence-electron chi connectivity index (χ1n) is 14.5. The molecule has 0 atom stereocenters. The molecule has 1 aliphatic heterocycles. The normalized spacial score (nSPS) is 23.0. The lowest BCUT2D eigenvalue weighted by Crippen LogP contribution is -2.48. The summed E-state index contributed by atoms with van der Waals surface area (Å²) in [7, 11) is 3.57. The molecule has 1 aromatic heterocycles. The van der Waals surface area contributed by atoms with E-state index in [4.69, 9.17) is 4.74 Å². The molecule has 3 aromatic rings. The maximum absolute atomic E-state index is 14.3. The van der Waals surface area contributed by atoms with Gasteiger partial charge in [0.1, 0.15) is 12.2 Å². The van der Waals surface area contributed by atoms with Crippen molar-refractivity contribution in [1.29, 1.82) is 0 Å². The molecule has 0 saturated heterocycles. The van der Waals surface area contributed by atoms with E-state index >= 15 is 0 Å². The van der Waals surface area contributed by atoms with Gasteiger partial charge < -0.3 is 24.8 Å². The Hall–Kier alpha value is -3.44. The number of fused-ring (bicyclic) bond motifs is 1. The first-order valence-corrected chi connectivity index (χ1v) is 14.5. The number of nitrogens with zero attached hydrogens (tertiary/aromatic N) is 4. The van der Waals surface area contributed by atoms with Crippen LogP contribution < -0.4 is 15.5 Å². The van der Waals surface area contributed by atoms with Crippen LogP contribution in [0.15, 0.2) is 36.7 Å². The maximum atomic E-state index is 14.3. The molecular formula is C31H37F3N6O2. The van der Waals surface area contributed by atoms with E-state index < -0.39 is 23.1 Å². The number of aromatic nitrogens is 3. The van der Waals surface area contributed by atoms with E-state index in [-0.39, 0.29) is 35.9 Å². The molecule has 2 N–H and O–H groups in total. The van der Waals surface area contributed by atoms with Crippen molar-refractivity contribution in [2.75, 3.05) is 23.9 Å². The quantitative estimate of drug-likeness (QED) is 0.344. The van der Waals surface area contributed by atoms with Crippen LogP contribution in [0.1, 0.15) is 84.4 Å². The Balaban J connectivity index is 1.39. The number of ether oxygens (including phenoxy) is 1. The number of methoxy groups -OCH3 is 1. The SMILES string of the molecule is CCNc1cc(N2Cc3c(cc(CNC4(C)CCC4)cc3C(F)(F)F)C2=O)cc([C@]2(c3nncn3C)C[C@@H](OC)C2)c1. The highest BCUT2D eigenvalue weighted by Gasteiger charge is 2.51. The van der Waals surface area contributed by atoms with E-state index in [1.807, 2.05) is 36.7 Å². The van der Waals surface area contributed by atoms with Gasteiger partial charge in [0.15, 0.2) is 0 Å². The summed E-state index contributed by atoms with van der Waals surface area (Å²) >= 11 is 0. The molecule has 2 aliphatic carbocycles. The Morgan fingerprint density at radius 3 is 2.50 bits per heavy atom. The van der Waals surface area contributed by atoms with E-state index in [0.29, 0.717) is 30.6 Å². The molecule has 1 amide bonds. The Morgan fingerprint density at radius 1 is 1.14 bits per heavy atom. The molecular weight excluding hydrogens is 545 g/mol. The molecule has 2 fully saturated rings. The zero-order valence-corrected chi connectivity index (χ0v) is 24.4. The zero-order valence-electron chi connectivity index (χ0n) is 24.4. The Bertz CT molecular complexity index is 1510. The van der Waals surface area contributed by atoms with Gasteiger partial charge in [-0.3, -0.25) is 4.79 Å². The summed E-state index contributed by atoms with van der Waals surface area (Å²) in [6.07, 6.45) is 1.54. The molecule has 3 aliphatic rings. The van der Waals surface area contributed by atoms with Gasteiger partial charge in [-0.15, -0.1) is 10.2 Å². The second-order valence-electron chi connectivity index (χ2n) is 12.2. The highest BCUT2D eigenvalue weighted by atomic mass is 19.4. The molecule has 2 saturated carbocycles. The third-order valence-electron chi connectivity index (χ3n) is 9.37. The van der Waals surface area contributed by atoms with Crippen LogP contribution in [0.5, 0.6) is 0 Å². The monoisotopic (exact) mass is 582 g/mol. The van der Waals surface area contributed by atoms with Gasteiger partial charge in [0.2, 0.25) is 0 Å². The van der Waals surface area contributed by atoms with Crippen molar-refractivity contribution in [2.45, 2.75) is 82.3 Å². The van der Waals surface area contributed by atoms with Crippen LogP contribution in [0.4, 0.5) is 24.5 Å². The van der Waals surface area contributed by atoms with E-state index in [2.05, 4.69) is 27.8 Å². The molecule has 0 bridgehead atoms. The van der Waals surface area contributed by atoms with E-state index in [9.17, 15) is 18.0 Å². The summed E-state index contributed by atoms with van der Waals surface area (Å²) in [5, 5.41) is 15.3. The van der Waals surface area contributed by atoms with Crippen LogP contribution >= 0.6 is 0 Å². The standard InChI is InChI=1S/C31H37F3N6O2/c1-5-35-21-11-20(30(14-23(15-30)42-4)28-38-37-18-39(28)3)12-22(13-21)40-17-25-24(27(40)41)9-19(10-26(25)31(32,33)34)16-36-29(2)7-6-8-29/h9-13,18,23,35-36H,5-8,14-17H2,1-4H3/t23-,30+. The van der Waals surface area contributed by atoms with Crippen LogP contribution in [-0.2, 0) is 36.5 Å². The Labute approximate surface area is 243 Å². The highest BCUT2D eigenvalue weighted by molar-refractivity contribution is 6.10. The van der Waals surface area contributed by atoms with Crippen molar-refractivity contribution in [3.8, 4) is 0 Å². The second kappa shape index (κ2) is 10.4. The number of benzene rings is 2. The summed E-state index contributed by atoms with van der Waals surface area (Å²) in [6, 6.07) is 8.62. The van der Waals surface area contributed by atoms with Crippen molar-refractivity contribution in [3.05, 3.63) is 70.3 Å². The summed E-state index contributed by atoms with van der Waals surface area (Å²) in [5.74, 6) is 0.353. The number of aryl methyl sites for hydroxylation is 1. The average Bonchev–Trinajstić information content (AvgIpc) is 3.48. The molecule has 2 heterocycles. The summed E-state index contributed by atoms with van der Waals surface area (Å²) in [4.78, 5) is 15.3. The topological polar surface area (TPSA) is 84.3 Å². The second-order valence-corrected chi connectivity index (χ2v) is 12.2. The smallest absolute Gasteiger partial charge is 0.385 e. The molecule has 11 heteroatoms. The molecule has 0 radical (unpaired) electrons. The van der Waals surface area contributed by atoms with E-state index in [0.717, 1.165) is 36.3 Å². The van der Waals surface area contributed by atoms with Gasteiger partial charge in [-0.1, -0.05) is 0 Å². The van der Waals surface area contributed by atoms with Crippen molar-refractivity contribution in [1.82, 2.24) is 20.1 Å². The molecule has 42 heavy (non-hydrogen) atoms. The number of hydrogen-bond donors (Lipinski definition) is 2. The molecule has 2 aromatic carbocycles. The minimum absolute atomic E-state index is 0.0209. The molecule has 6 rings (SSSR count). The van der Waals surface area contributed by atoms with Crippen LogP contribution in [-0.4, -0.2) is 46.0 Å². The van der Waals surface area contributed by atoms with E-state index in [1.54, 1.807) is 19.5 Å². The number of carbonyl (C=O) groups excluding carboxylic acids is 1. The number of amides is 1. The predicted molar refractivity (Wildman–Crippen MR) is 153 cm³/mol. The van der Waals surface area contributed by atoms with Crippen molar-refractivity contribution in [3.63, 3.8) is 0 Å². The van der Waals surface area contributed by atoms with Crippen LogP contribution in [0.2, 0.25) is 0 Å². The number of halogens is 3. The Morgan fingerprint density at radius 2 is 1.90 bits per heavy atom.